The van der Waals surface area contributed by atoms with E-state index < -0.39 is 5.92 Å². The van der Waals surface area contributed by atoms with E-state index >= 15 is 0 Å². The zero-order valence-corrected chi connectivity index (χ0v) is 17.4. The van der Waals surface area contributed by atoms with Crippen LogP contribution in [0.3, 0.4) is 0 Å². The quantitative estimate of drug-likeness (QED) is 0.512. The summed E-state index contributed by atoms with van der Waals surface area (Å²) in [5, 5.41) is 4.05. The number of fused-ring (bicyclic) bond motifs is 5. The molecule has 6 rings (SSSR count). The summed E-state index contributed by atoms with van der Waals surface area (Å²) in [6.07, 6.45) is 2.48. The summed E-state index contributed by atoms with van der Waals surface area (Å²) < 4.78 is 0. The van der Waals surface area contributed by atoms with E-state index in [1.807, 2.05) is 77.7 Å². The van der Waals surface area contributed by atoms with Crippen LogP contribution in [0.1, 0.15) is 39.0 Å². The summed E-state index contributed by atoms with van der Waals surface area (Å²) in [7, 11) is 0. The average molecular weight is 419 g/mol. The molecule has 2 amide bonds. The number of amides is 2. The lowest BCUT2D eigenvalue weighted by Crippen LogP contribution is -2.49. The molecule has 0 spiro atoms. The van der Waals surface area contributed by atoms with Gasteiger partial charge >= 0.3 is 0 Å². The number of rotatable bonds is 2. The van der Waals surface area contributed by atoms with E-state index in [-0.39, 0.29) is 17.9 Å². The average Bonchev–Trinajstić information content (AvgIpc) is 2.84. The van der Waals surface area contributed by atoms with Gasteiger partial charge in [0.1, 0.15) is 0 Å². The number of hydrogen-bond acceptors (Lipinski definition) is 3. The molecule has 3 aromatic carbocycles. The number of aromatic nitrogens is 1. The van der Waals surface area contributed by atoms with Gasteiger partial charge in [-0.1, -0.05) is 60.7 Å². The van der Waals surface area contributed by atoms with Crippen molar-refractivity contribution in [3.8, 4) is 0 Å². The first-order valence-corrected chi connectivity index (χ1v) is 10.8. The van der Waals surface area contributed by atoms with Crippen LogP contribution in [0.15, 0.2) is 85.1 Å². The second-order valence-electron chi connectivity index (χ2n) is 8.36. The number of carbonyl (C=O) groups is 2. The summed E-state index contributed by atoms with van der Waals surface area (Å²) in [6.45, 7) is 0.607. The Balaban J connectivity index is 1.45. The van der Waals surface area contributed by atoms with Crippen molar-refractivity contribution in [3.63, 3.8) is 0 Å². The van der Waals surface area contributed by atoms with Crippen LogP contribution in [-0.2, 0) is 11.2 Å². The highest BCUT2D eigenvalue weighted by Gasteiger charge is 2.46. The van der Waals surface area contributed by atoms with Crippen LogP contribution in [0.4, 0.5) is 5.69 Å². The van der Waals surface area contributed by atoms with Crippen molar-refractivity contribution in [2.45, 2.75) is 18.4 Å². The van der Waals surface area contributed by atoms with E-state index in [9.17, 15) is 9.59 Å². The number of nitrogens with zero attached hydrogens (tertiary/aromatic N) is 2. The Morgan fingerprint density at radius 1 is 0.938 bits per heavy atom. The van der Waals surface area contributed by atoms with E-state index in [0.29, 0.717) is 17.8 Å². The summed E-state index contributed by atoms with van der Waals surface area (Å²) in [6, 6.07) is 25.1. The lowest BCUT2D eigenvalue weighted by molar-refractivity contribution is -0.119. The maximum Gasteiger partial charge on any atom is 0.254 e. The van der Waals surface area contributed by atoms with E-state index in [2.05, 4.69) is 16.4 Å². The normalized spacial score (nSPS) is 19.1. The third-order valence-electron chi connectivity index (χ3n) is 6.57. The Morgan fingerprint density at radius 3 is 2.59 bits per heavy atom. The number of pyridine rings is 1. The smallest absolute Gasteiger partial charge is 0.254 e. The fourth-order valence-electron chi connectivity index (χ4n) is 5.12. The molecule has 3 heterocycles. The van der Waals surface area contributed by atoms with Gasteiger partial charge in [-0.15, -0.1) is 0 Å². The van der Waals surface area contributed by atoms with Crippen molar-refractivity contribution in [3.05, 3.63) is 107 Å². The molecule has 32 heavy (non-hydrogen) atoms. The largest absolute Gasteiger partial charge is 0.330 e. The van der Waals surface area contributed by atoms with Gasteiger partial charge in [0.25, 0.3) is 5.91 Å². The van der Waals surface area contributed by atoms with Gasteiger partial charge in [0.05, 0.1) is 29.4 Å². The molecule has 2 atom stereocenters. The molecule has 2 aliphatic heterocycles. The van der Waals surface area contributed by atoms with Gasteiger partial charge in [-0.2, -0.15) is 0 Å². The molecule has 0 radical (unpaired) electrons. The lowest BCUT2D eigenvalue weighted by atomic mass is 9.76. The minimum atomic E-state index is -0.503. The van der Waals surface area contributed by atoms with Gasteiger partial charge in [-0.25, -0.2) is 0 Å². The Hall–Kier alpha value is -3.99. The maximum absolute atomic E-state index is 13.8. The van der Waals surface area contributed by atoms with E-state index in [0.717, 1.165) is 28.5 Å². The molecule has 4 aromatic rings. The third kappa shape index (κ3) is 2.89. The fraction of sp³-hybridized carbons (Fsp3) is 0.148. The first kappa shape index (κ1) is 18.8. The highest BCUT2D eigenvalue weighted by molar-refractivity contribution is 6.05. The molecular formula is C27H21N3O2. The molecule has 5 heteroatoms. The number of nitrogens with one attached hydrogen (secondary N) is 1. The molecular weight excluding hydrogens is 398 g/mol. The zero-order chi connectivity index (χ0) is 21.7. The molecule has 156 valence electrons. The highest BCUT2D eigenvalue weighted by Crippen LogP contribution is 2.46. The molecule has 0 bridgehead atoms. The Morgan fingerprint density at radius 2 is 1.69 bits per heavy atom. The van der Waals surface area contributed by atoms with Crippen molar-refractivity contribution >= 4 is 28.4 Å². The van der Waals surface area contributed by atoms with Crippen molar-refractivity contribution in [1.82, 2.24) is 9.88 Å². The van der Waals surface area contributed by atoms with Gasteiger partial charge in [-0.05, 0) is 41.3 Å². The van der Waals surface area contributed by atoms with Crippen molar-refractivity contribution in [2.24, 2.45) is 0 Å². The molecule has 0 fully saturated rings. The summed E-state index contributed by atoms with van der Waals surface area (Å²) in [5.74, 6) is -0.637. The molecule has 0 unspecified atom stereocenters. The van der Waals surface area contributed by atoms with Crippen LogP contribution in [0.25, 0.3) is 10.9 Å². The van der Waals surface area contributed by atoms with Gasteiger partial charge < -0.3 is 10.2 Å². The zero-order valence-electron chi connectivity index (χ0n) is 17.4. The van der Waals surface area contributed by atoms with Crippen LogP contribution in [0.2, 0.25) is 0 Å². The molecule has 0 aliphatic carbocycles. The van der Waals surface area contributed by atoms with Gasteiger partial charge in [0.15, 0.2) is 0 Å². The standard InChI is InChI=1S/C27H21N3O2/c31-26(29-19-15-18-8-2-6-12-23(18)28-16-19)24-21-10-4-5-11-22(21)27(32)30-14-13-17-7-1-3-9-20(17)25(24)30/h1-12,15-16,24-25H,13-14H2,(H,29,31)/t24-,25-/m1/s1. The van der Waals surface area contributed by atoms with E-state index in [1.165, 1.54) is 5.56 Å². The molecule has 2 aliphatic rings. The van der Waals surface area contributed by atoms with Gasteiger partial charge in [-0.3, -0.25) is 14.6 Å². The molecule has 0 saturated heterocycles. The van der Waals surface area contributed by atoms with E-state index in [4.69, 9.17) is 0 Å². The first-order chi connectivity index (χ1) is 15.7. The highest BCUT2D eigenvalue weighted by atomic mass is 16.2. The van der Waals surface area contributed by atoms with Gasteiger partial charge in [0.2, 0.25) is 5.91 Å². The second kappa shape index (κ2) is 7.31. The SMILES string of the molecule is O=C(Nc1cnc2ccccc2c1)[C@@H]1c2ccccc2C(=O)N2CCc3ccccc3[C@H]12. The number of para-hydroxylation sites is 1. The number of carbonyl (C=O) groups excluding carboxylic acids is 2. The lowest BCUT2D eigenvalue weighted by Gasteiger charge is -2.45. The van der Waals surface area contributed by atoms with Crippen LogP contribution in [0, 0.1) is 0 Å². The second-order valence-corrected chi connectivity index (χ2v) is 8.36. The third-order valence-corrected chi connectivity index (χ3v) is 6.57. The minimum Gasteiger partial charge on any atom is -0.330 e. The van der Waals surface area contributed by atoms with Crippen LogP contribution in [-0.4, -0.2) is 28.2 Å². The number of hydrogen-bond donors (Lipinski definition) is 1. The Bertz CT molecular complexity index is 1380. The Kier molecular flexibility index (Phi) is 4.28. The van der Waals surface area contributed by atoms with Crippen molar-refractivity contribution in [2.75, 3.05) is 11.9 Å². The van der Waals surface area contributed by atoms with E-state index in [1.54, 1.807) is 6.20 Å². The van der Waals surface area contributed by atoms with Crippen molar-refractivity contribution in [1.29, 1.82) is 0 Å². The van der Waals surface area contributed by atoms with Crippen LogP contribution in [0.5, 0.6) is 0 Å². The summed E-state index contributed by atoms with van der Waals surface area (Å²) in [5.41, 5.74) is 5.18. The topological polar surface area (TPSA) is 62.3 Å². The minimum absolute atomic E-state index is 0.00322. The van der Waals surface area contributed by atoms with Gasteiger partial charge in [0, 0.05) is 17.5 Å². The predicted molar refractivity (Wildman–Crippen MR) is 123 cm³/mol. The maximum atomic E-state index is 13.8. The predicted octanol–water partition coefficient (Wildman–Crippen LogP) is 4.71. The first-order valence-electron chi connectivity index (χ1n) is 10.8. The number of benzene rings is 3. The Labute approximate surface area is 185 Å². The fourth-order valence-corrected chi connectivity index (χ4v) is 5.12. The number of anilines is 1. The van der Waals surface area contributed by atoms with Crippen LogP contribution < -0.4 is 5.32 Å². The summed E-state index contributed by atoms with van der Waals surface area (Å²) >= 11 is 0. The molecule has 0 saturated carbocycles. The molecule has 1 aromatic heterocycles. The van der Waals surface area contributed by atoms with Crippen LogP contribution >= 0.6 is 0 Å². The summed E-state index contributed by atoms with van der Waals surface area (Å²) in [4.78, 5) is 33.4. The van der Waals surface area contributed by atoms with Crippen molar-refractivity contribution < 1.29 is 9.59 Å². The molecule has 1 N–H and O–H groups in total. The monoisotopic (exact) mass is 419 g/mol. The molecule has 5 nitrogen and oxygen atoms in total.